The van der Waals surface area contributed by atoms with Crippen molar-refractivity contribution in [3.05, 3.63) is 0 Å². The van der Waals surface area contributed by atoms with Gasteiger partial charge < -0.3 is 14.9 Å². The van der Waals surface area contributed by atoms with Gasteiger partial charge in [-0.2, -0.15) is 0 Å². The summed E-state index contributed by atoms with van der Waals surface area (Å²) < 4.78 is 0. The Hall–Kier alpha value is -0.690. The summed E-state index contributed by atoms with van der Waals surface area (Å²) in [5, 5.41) is 10.3. The highest BCUT2D eigenvalue weighted by molar-refractivity contribution is 5.84. The first-order chi connectivity index (χ1) is 10.4. The number of carbonyl (C=O) groups excluding carboxylic acids is 1. The number of hydrogen-bond acceptors (Lipinski definition) is 5. The van der Waals surface area contributed by atoms with Crippen LogP contribution in [0.2, 0.25) is 0 Å². The summed E-state index contributed by atoms with van der Waals surface area (Å²) in [6.07, 6.45) is 0.476. The fourth-order valence-electron chi connectivity index (χ4n) is 3.45. The molecule has 6 heteroatoms. The third kappa shape index (κ3) is 4.41. The smallest absolute Gasteiger partial charge is 0.240 e. The number of carbonyl (C=O) groups is 1. The second-order valence-electron chi connectivity index (χ2n) is 7.13. The minimum Gasteiger partial charge on any atom is -0.390 e. The van der Waals surface area contributed by atoms with Crippen LogP contribution in [-0.4, -0.2) is 109 Å². The minimum atomic E-state index is -0.394. The van der Waals surface area contributed by atoms with Gasteiger partial charge in [0, 0.05) is 51.9 Å². The maximum absolute atomic E-state index is 12.4. The Morgan fingerprint density at radius 2 is 1.86 bits per heavy atom. The van der Waals surface area contributed by atoms with E-state index in [2.05, 4.69) is 30.7 Å². The molecule has 6 nitrogen and oxygen atoms in total. The molecular formula is C16H32N4O2. The molecule has 0 aromatic heterocycles. The molecular weight excluding hydrogens is 280 g/mol. The highest BCUT2D eigenvalue weighted by Crippen LogP contribution is 2.18. The number of rotatable bonds is 6. The molecule has 2 saturated heterocycles. The van der Waals surface area contributed by atoms with E-state index in [1.54, 1.807) is 0 Å². The van der Waals surface area contributed by atoms with Crippen LogP contribution >= 0.6 is 0 Å². The first-order valence-corrected chi connectivity index (χ1v) is 8.48. The Labute approximate surface area is 134 Å². The lowest BCUT2D eigenvalue weighted by molar-refractivity contribution is -0.133. The summed E-state index contributed by atoms with van der Waals surface area (Å²) in [5.74, 6) is 0.212. The average molecular weight is 312 g/mol. The van der Waals surface area contributed by atoms with Crippen LogP contribution in [0.4, 0.5) is 0 Å². The number of piperazine rings is 1. The van der Waals surface area contributed by atoms with Gasteiger partial charge in [-0.25, -0.2) is 0 Å². The van der Waals surface area contributed by atoms with Crippen molar-refractivity contribution in [2.45, 2.75) is 38.5 Å². The second-order valence-corrected chi connectivity index (χ2v) is 7.13. The van der Waals surface area contributed by atoms with Crippen LogP contribution in [0.5, 0.6) is 0 Å². The van der Waals surface area contributed by atoms with E-state index in [1.165, 1.54) is 0 Å². The van der Waals surface area contributed by atoms with E-state index in [0.29, 0.717) is 13.1 Å². The van der Waals surface area contributed by atoms with Gasteiger partial charge in [0.2, 0.25) is 5.91 Å². The van der Waals surface area contributed by atoms with Gasteiger partial charge in [-0.15, -0.1) is 0 Å². The van der Waals surface area contributed by atoms with Crippen molar-refractivity contribution in [1.29, 1.82) is 0 Å². The minimum absolute atomic E-state index is 0.0652. The van der Waals surface area contributed by atoms with Crippen LogP contribution in [-0.2, 0) is 4.79 Å². The quantitative estimate of drug-likeness (QED) is 0.719. The summed E-state index contributed by atoms with van der Waals surface area (Å²) in [6.45, 7) is 10.4. The summed E-state index contributed by atoms with van der Waals surface area (Å²) in [7, 11) is 4.09. The molecule has 2 aliphatic heterocycles. The van der Waals surface area contributed by atoms with Crippen LogP contribution < -0.4 is 0 Å². The predicted octanol–water partition coefficient (Wildman–Crippen LogP) is -0.464. The molecule has 0 spiro atoms. The molecule has 0 bridgehead atoms. The zero-order chi connectivity index (χ0) is 16.3. The molecule has 0 aromatic rings. The molecule has 1 N–H and O–H groups in total. The SMILES string of the molecule is CC(C)N1CCC(N(C)CC(O)CN2CCN(C)CC2)C1=O. The fourth-order valence-corrected chi connectivity index (χ4v) is 3.45. The lowest BCUT2D eigenvalue weighted by atomic mass is 10.2. The molecule has 0 radical (unpaired) electrons. The molecule has 2 unspecified atom stereocenters. The zero-order valence-corrected chi connectivity index (χ0v) is 14.5. The van der Waals surface area contributed by atoms with Crippen molar-refractivity contribution in [3.8, 4) is 0 Å². The lowest BCUT2D eigenvalue weighted by Gasteiger charge is -2.34. The van der Waals surface area contributed by atoms with E-state index in [4.69, 9.17) is 0 Å². The van der Waals surface area contributed by atoms with Gasteiger partial charge in [-0.05, 0) is 34.4 Å². The molecule has 2 fully saturated rings. The maximum atomic E-state index is 12.4. The molecule has 1 amide bonds. The third-order valence-electron chi connectivity index (χ3n) is 4.93. The first kappa shape index (κ1) is 17.7. The van der Waals surface area contributed by atoms with Crippen molar-refractivity contribution in [3.63, 3.8) is 0 Å². The number of likely N-dealkylation sites (N-methyl/N-ethyl adjacent to an activating group) is 2. The number of aliphatic hydroxyl groups excluding tert-OH is 1. The van der Waals surface area contributed by atoms with Crippen molar-refractivity contribution in [2.75, 3.05) is 59.9 Å². The van der Waals surface area contributed by atoms with Crippen LogP contribution in [0, 0.1) is 0 Å². The number of nitrogens with zero attached hydrogens (tertiary/aromatic N) is 4. The average Bonchev–Trinajstić information content (AvgIpc) is 2.83. The first-order valence-electron chi connectivity index (χ1n) is 8.48. The van der Waals surface area contributed by atoms with Gasteiger partial charge in [-0.3, -0.25) is 14.6 Å². The van der Waals surface area contributed by atoms with Crippen LogP contribution in [0.1, 0.15) is 20.3 Å². The van der Waals surface area contributed by atoms with Crippen molar-refractivity contribution in [1.82, 2.24) is 19.6 Å². The van der Waals surface area contributed by atoms with Crippen LogP contribution in [0.3, 0.4) is 0 Å². The topological polar surface area (TPSA) is 50.3 Å². The molecule has 2 heterocycles. The molecule has 2 rings (SSSR count). The normalized spacial score (nSPS) is 26.4. The number of likely N-dealkylation sites (tertiary alicyclic amines) is 1. The Morgan fingerprint density at radius 3 is 2.41 bits per heavy atom. The molecule has 22 heavy (non-hydrogen) atoms. The van der Waals surface area contributed by atoms with Gasteiger partial charge in [0.1, 0.15) is 0 Å². The van der Waals surface area contributed by atoms with Gasteiger partial charge in [-0.1, -0.05) is 0 Å². The van der Waals surface area contributed by atoms with E-state index in [1.807, 2.05) is 16.8 Å². The number of aliphatic hydroxyl groups is 1. The highest BCUT2D eigenvalue weighted by Gasteiger charge is 2.36. The van der Waals surface area contributed by atoms with Crippen LogP contribution in [0.25, 0.3) is 0 Å². The molecule has 0 aromatic carbocycles. The number of amides is 1. The Morgan fingerprint density at radius 1 is 1.23 bits per heavy atom. The van der Waals surface area contributed by atoms with E-state index in [9.17, 15) is 9.90 Å². The summed E-state index contributed by atoms with van der Waals surface area (Å²) in [5.41, 5.74) is 0. The van der Waals surface area contributed by atoms with Gasteiger partial charge in [0.25, 0.3) is 0 Å². The van der Waals surface area contributed by atoms with Crippen molar-refractivity contribution in [2.24, 2.45) is 0 Å². The van der Waals surface area contributed by atoms with E-state index in [-0.39, 0.29) is 18.0 Å². The molecule has 128 valence electrons. The molecule has 2 atom stereocenters. The van der Waals surface area contributed by atoms with E-state index < -0.39 is 6.10 Å². The summed E-state index contributed by atoms with van der Waals surface area (Å²) in [6, 6.07) is 0.200. The zero-order valence-electron chi connectivity index (χ0n) is 14.5. The van der Waals surface area contributed by atoms with Crippen LogP contribution in [0.15, 0.2) is 0 Å². The Kier molecular flexibility index (Phi) is 6.20. The monoisotopic (exact) mass is 312 g/mol. The molecule has 2 aliphatic rings. The summed E-state index contributed by atoms with van der Waals surface area (Å²) in [4.78, 5) is 21.0. The number of hydrogen-bond donors (Lipinski definition) is 1. The Bertz CT molecular complexity index is 369. The standard InChI is InChI=1S/C16H32N4O2/c1-13(2)20-6-5-15(16(20)22)18(4)11-14(21)12-19-9-7-17(3)8-10-19/h13-15,21H,5-12H2,1-4H3. The largest absolute Gasteiger partial charge is 0.390 e. The van der Waals surface area contributed by atoms with E-state index >= 15 is 0 Å². The fraction of sp³-hybridized carbons (Fsp3) is 0.938. The van der Waals surface area contributed by atoms with Gasteiger partial charge in [0.15, 0.2) is 0 Å². The molecule has 0 saturated carbocycles. The van der Waals surface area contributed by atoms with Gasteiger partial charge >= 0.3 is 0 Å². The highest BCUT2D eigenvalue weighted by atomic mass is 16.3. The lowest BCUT2D eigenvalue weighted by Crippen LogP contribution is -2.50. The summed E-state index contributed by atoms with van der Waals surface area (Å²) >= 11 is 0. The van der Waals surface area contributed by atoms with Gasteiger partial charge in [0.05, 0.1) is 12.1 Å². The van der Waals surface area contributed by atoms with Crippen molar-refractivity contribution < 1.29 is 9.90 Å². The molecule has 0 aliphatic carbocycles. The second kappa shape index (κ2) is 7.73. The number of β-amino-alcohol motifs (C(OH)–C–C–N with tert-alkyl or cyclic N) is 1. The maximum Gasteiger partial charge on any atom is 0.240 e. The Balaban J connectivity index is 1.77. The predicted molar refractivity (Wildman–Crippen MR) is 87.8 cm³/mol. The van der Waals surface area contributed by atoms with E-state index in [0.717, 1.165) is 39.1 Å². The third-order valence-corrected chi connectivity index (χ3v) is 4.93. The van der Waals surface area contributed by atoms with Crippen molar-refractivity contribution >= 4 is 5.91 Å².